The van der Waals surface area contributed by atoms with Gasteiger partial charge in [-0.2, -0.15) is 0 Å². The van der Waals surface area contributed by atoms with Crippen molar-refractivity contribution in [3.63, 3.8) is 0 Å². The number of benzene rings is 2. The van der Waals surface area contributed by atoms with Crippen LogP contribution in [-0.2, 0) is 9.59 Å². The predicted octanol–water partition coefficient (Wildman–Crippen LogP) is 2.83. The van der Waals surface area contributed by atoms with Crippen molar-refractivity contribution >= 4 is 39.6 Å². The van der Waals surface area contributed by atoms with E-state index in [2.05, 4.69) is 10.3 Å². The Labute approximate surface area is 261 Å². The maximum Gasteiger partial charge on any atom is 0.255 e. The molecular weight excluding hydrogens is 600 g/mol. The number of primary amides is 1. The Morgan fingerprint density at radius 2 is 1.76 bits per heavy atom. The number of ketones is 2. The summed E-state index contributed by atoms with van der Waals surface area (Å²) in [6, 6.07) is 11.4. The summed E-state index contributed by atoms with van der Waals surface area (Å²) in [4.78, 5) is 46.9. The number of aromatic hydroxyl groups is 1. The topological polar surface area (TPSA) is 207 Å². The van der Waals surface area contributed by atoms with Gasteiger partial charge in [0.1, 0.15) is 17.1 Å². The van der Waals surface area contributed by atoms with Crippen LogP contribution in [0.5, 0.6) is 5.75 Å². The molecule has 0 spiro atoms. The molecule has 0 fully saturated rings. The number of phenolic OH excluding ortho intramolecular Hbond substituents is 1. The summed E-state index contributed by atoms with van der Waals surface area (Å²) < 4.78 is 0. The first kappa shape index (κ1) is 30.5. The quantitative estimate of drug-likeness (QED) is 0.161. The first-order valence-corrected chi connectivity index (χ1v) is 15.0. The average molecular weight is 633 g/mol. The number of aliphatic hydroxyl groups is 4. The lowest BCUT2D eigenvalue weighted by atomic mass is 9.55. The molecule has 12 nitrogen and oxygen atoms in total. The van der Waals surface area contributed by atoms with Crippen molar-refractivity contribution in [3.8, 4) is 17.0 Å². The second-order valence-electron chi connectivity index (χ2n) is 11.9. The molecule has 2 aromatic carbocycles. The van der Waals surface area contributed by atoms with Crippen LogP contribution in [0, 0.1) is 18.8 Å². The smallest absolute Gasteiger partial charge is 0.255 e. The number of nitrogens with zero attached hydrogens (tertiary/aromatic N) is 2. The summed E-state index contributed by atoms with van der Waals surface area (Å²) in [7, 11) is 2.98. The van der Waals surface area contributed by atoms with Crippen LogP contribution in [0.3, 0.4) is 0 Å². The molecule has 0 saturated carbocycles. The summed E-state index contributed by atoms with van der Waals surface area (Å²) in [5.74, 6) is -9.37. The highest BCUT2D eigenvalue weighted by atomic mass is 32.1. The first-order chi connectivity index (χ1) is 21.2. The number of rotatable bonds is 5. The number of nitrogens with one attached hydrogen (secondary N) is 1. The Kier molecular flexibility index (Phi) is 7.12. The standard InChI is InChI=1S/C32H32N4O8S/c1-12-15-10-11-16(34-31-35-22(13(2)45-31)14-8-6-5-7-9-14)24(37)18(15)25(38)19-17(12)26(39)21-23(36(3)4)27(40)20(30(33)43)29(42)32(21,44)28(19)41/h5-12,17,21,23,26,37,39-41,44H,1-4H3,(H2,33,43)(H,34,35)/t12-,17+,21-,23-,26-,32+/m1/s1. The molecule has 0 bridgehead atoms. The third-order valence-corrected chi connectivity index (χ3v) is 10.1. The Balaban J connectivity index is 1.47. The Morgan fingerprint density at radius 3 is 2.38 bits per heavy atom. The van der Waals surface area contributed by atoms with Crippen LogP contribution >= 0.6 is 11.3 Å². The molecule has 1 amide bonds. The van der Waals surface area contributed by atoms with E-state index in [1.165, 1.54) is 30.3 Å². The number of aromatic nitrogens is 1. The number of carbonyl (C=O) groups is 3. The fourth-order valence-corrected chi connectivity index (χ4v) is 8.00. The van der Waals surface area contributed by atoms with E-state index in [1.807, 2.05) is 37.3 Å². The van der Waals surface area contributed by atoms with Crippen molar-refractivity contribution in [2.24, 2.45) is 17.6 Å². The summed E-state index contributed by atoms with van der Waals surface area (Å²) >= 11 is 1.35. The van der Waals surface area contributed by atoms with Crippen molar-refractivity contribution in [2.75, 3.05) is 19.4 Å². The van der Waals surface area contributed by atoms with Gasteiger partial charge in [0.15, 0.2) is 22.3 Å². The monoisotopic (exact) mass is 632 g/mol. The van der Waals surface area contributed by atoms with Crippen molar-refractivity contribution in [2.45, 2.75) is 37.5 Å². The highest BCUT2D eigenvalue weighted by molar-refractivity contribution is 7.16. The highest BCUT2D eigenvalue weighted by Gasteiger charge is 2.67. The number of aryl methyl sites for hydroxylation is 1. The third-order valence-electron chi connectivity index (χ3n) is 9.22. The number of phenols is 1. The van der Waals surface area contributed by atoms with Crippen LogP contribution in [0.2, 0.25) is 0 Å². The van der Waals surface area contributed by atoms with Crippen LogP contribution in [0.15, 0.2) is 65.1 Å². The van der Waals surface area contributed by atoms with E-state index in [0.29, 0.717) is 10.7 Å². The number of aliphatic hydroxyl groups excluding tert-OH is 3. The number of likely N-dealkylation sites (N-methyl/N-ethyl adjacent to an activating group) is 1. The first-order valence-electron chi connectivity index (χ1n) is 14.2. The van der Waals surface area contributed by atoms with Gasteiger partial charge in [0.25, 0.3) is 5.91 Å². The molecule has 3 aliphatic carbocycles. The zero-order valence-corrected chi connectivity index (χ0v) is 25.6. The summed E-state index contributed by atoms with van der Waals surface area (Å²) in [5, 5.41) is 61.1. The maximum absolute atomic E-state index is 14.1. The molecule has 6 atom stereocenters. The lowest BCUT2D eigenvalue weighted by Gasteiger charge is -2.53. The zero-order valence-electron chi connectivity index (χ0n) is 24.8. The van der Waals surface area contributed by atoms with Crippen molar-refractivity contribution < 1.29 is 39.9 Å². The van der Waals surface area contributed by atoms with Crippen LogP contribution in [0.1, 0.15) is 33.6 Å². The molecule has 0 aliphatic heterocycles. The Bertz CT molecular complexity index is 1850. The van der Waals surface area contributed by atoms with Gasteiger partial charge < -0.3 is 36.6 Å². The lowest BCUT2D eigenvalue weighted by molar-refractivity contribution is -0.162. The molecule has 0 saturated heterocycles. The van der Waals surface area contributed by atoms with Gasteiger partial charge in [0.05, 0.1) is 35.0 Å². The summed E-state index contributed by atoms with van der Waals surface area (Å²) in [5.41, 5.74) is 3.01. The average Bonchev–Trinajstić information content (AvgIpc) is 3.35. The summed E-state index contributed by atoms with van der Waals surface area (Å²) in [6.45, 7) is 3.59. The number of fused-ring (bicyclic) bond motifs is 3. The van der Waals surface area contributed by atoms with Gasteiger partial charge in [-0.15, -0.1) is 11.3 Å². The van der Waals surface area contributed by atoms with Crippen LogP contribution in [-0.4, -0.2) is 84.7 Å². The maximum atomic E-state index is 14.1. The van der Waals surface area contributed by atoms with Gasteiger partial charge in [-0.05, 0) is 38.6 Å². The fourth-order valence-electron chi connectivity index (χ4n) is 7.15. The van der Waals surface area contributed by atoms with Gasteiger partial charge >= 0.3 is 0 Å². The molecule has 0 radical (unpaired) electrons. The van der Waals surface area contributed by atoms with E-state index >= 15 is 0 Å². The van der Waals surface area contributed by atoms with Gasteiger partial charge in [0.2, 0.25) is 5.78 Å². The fraction of sp³-hybridized carbons (Fsp3) is 0.312. The van der Waals surface area contributed by atoms with Gasteiger partial charge in [-0.25, -0.2) is 4.98 Å². The molecule has 1 aromatic heterocycles. The minimum atomic E-state index is -2.97. The Morgan fingerprint density at radius 1 is 1.09 bits per heavy atom. The van der Waals surface area contributed by atoms with E-state index in [1.54, 1.807) is 19.1 Å². The van der Waals surface area contributed by atoms with Crippen molar-refractivity contribution in [1.82, 2.24) is 9.88 Å². The number of hydrogen-bond acceptors (Lipinski definition) is 12. The van der Waals surface area contributed by atoms with Crippen molar-refractivity contribution in [1.29, 1.82) is 0 Å². The molecule has 6 rings (SSSR count). The number of amides is 1. The second kappa shape index (κ2) is 10.5. The number of hydrogen-bond donors (Lipinski definition) is 7. The largest absolute Gasteiger partial charge is 0.510 e. The molecule has 8 N–H and O–H groups in total. The minimum Gasteiger partial charge on any atom is -0.510 e. The lowest BCUT2D eigenvalue weighted by Crippen LogP contribution is -2.68. The van der Waals surface area contributed by atoms with Gasteiger partial charge in [-0.3, -0.25) is 19.3 Å². The molecule has 3 aromatic rings. The van der Waals surface area contributed by atoms with Crippen molar-refractivity contribution in [3.05, 3.63) is 81.1 Å². The SMILES string of the molecule is Cc1sc(Nc2ccc3c(c2O)C(=O)C2=C(O)[C@]4(O)C(=O)C(C(N)=O)=C(O)[C@H](N(C)C)[C@@H]4[C@H](O)[C@H]2[C@@H]3C)nc1-c1ccccc1. The van der Waals surface area contributed by atoms with E-state index in [0.717, 1.165) is 16.1 Å². The molecule has 1 heterocycles. The minimum absolute atomic E-state index is 0.152. The van der Waals surface area contributed by atoms with Crippen LogP contribution < -0.4 is 11.1 Å². The molecule has 3 aliphatic rings. The van der Waals surface area contributed by atoms with Crippen LogP contribution in [0.25, 0.3) is 11.3 Å². The van der Waals surface area contributed by atoms with E-state index in [9.17, 15) is 39.9 Å². The normalized spacial score (nSPS) is 27.8. The number of thiazole rings is 1. The highest BCUT2D eigenvalue weighted by Crippen LogP contribution is 2.56. The molecule has 234 valence electrons. The zero-order chi connectivity index (χ0) is 32.7. The van der Waals surface area contributed by atoms with E-state index < -0.39 is 81.4 Å². The van der Waals surface area contributed by atoms with E-state index in [4.69, 9.17) is 5.73 Å². The molecule has 13 heteroatoms. The molecule has 45 heavy (non-hydrogen) atoms. The predicted molar refractivity (Wildman–Crippen MR) is 165 cm³/mol. The number of carbonyl (C=O) groups excluding carboxylic acids is 3. The Hall–Kier alpha value is -4.56. The number of nitrogens with two attached hydrogens (primary N) is 1. The summed E-state index contributed by atoms with van der Waals surface area (Å²) in [6.07, 6.45) is -1.66. The molecule has 0 unspecified atom stereocenters. The number of Topliss-reactive ketones (excluding diaryl/α,β-unsaturated/α-hetero) is 2. The van der Waals surface area contributed by atoms with Gasteiger partial charge in [-0.1, -0.05) is 43.3 Å². The van der Waals surface area contributed by atoms with E-state index in [-0.39, 0.29) is 11.3 Å². The van der Waals surface area contributed by atoms with Crippen LogP contribution in [0.4, 0.5) is 10.8 Å². The van der Waals surface area contributed by atoms with Gasteiger partial charge in [0, 0.05) is 21.9 Å². The molecular formula is C32H32N4O8S. The third kappa shape index (κ3) is 4.22. The second-order valence-corrected chi connectivity index (χ2v) is 13.1. The number of anilines is 2.